The Morgan fingerprint density at radius 3 is 2.05 bits per heavy atom. The Balaban J connectivity index is 3.65. The van der Waals surface area contributed by atoms with Crippen molar-refractivity contribution in [3.8, 4) is 0 Å². The average Bonchev–Trinajstić information content (AvgIpc) is 2.82. The SMILES string of the molecule is COC(=O)CNC(=O)C(c1ccc(C)c(C)c1)N(C(=O)C(NC(=O)OC(C)(C)C)C(C)C)C(C)CCC(C)C. The predicted octanol–water partition coefficient (Wildman–Crippen LogP) is 4.84. The largest absolute Gasteiger partial charge is 0.468 e. The van der Waals surface area contributed by atoms with Crippen LogP contribution < -0.4 is 10.6 Å². The van der Waals surface area contributed by atoms with Crippen LogP contribution in [0.25, 0.3) is 0 Å². The number of ether oxygens (including phenoxy) is 2. The van der Waals surface area contributed by atoms with E-state index in [4.69, 9.17) is 9.47 Å². The van der Waals surface area contributed by atoms with Gasteiger partial charge in [0.25, 0.3) is 0 Å². The fraction of sp³-hybridized carbons (Fsp3) is 0.667. The van der Waals surface area contributed by atoms with Crippen LogP contribution in [0.5, 0.6) is 0 Å². The molecule has 220 valence electrons. The summed E-state index contributed by atoms with van der Waals surface area (Å²) in [5.41, 5.74) is 1.89. The zero-order valence-corrected chi connectivity index (χ0v) is 25.6. The number of benzene rings is 1. The van der Waals surface area contributed by atoms with E-state index in [1.807, 2.05) is 52.8 Å². The van der Waals surface area contributed by atoms with Gasteiger partial charge in [0.2, 0.25) is 11.8 Å². The lowest BCUT2D eigenvalue weighted by atomic mass is 9.93. The molecule has 0 aliphatic rings. The first-order valence-corrected chi connectivity index (χ1v) is 13.7. The van der Waals surface area contributed by atoms with Crippen LogP contribution in [0.15, 0.2) is 18.2 Å². The molecule has 0 spiro atoms. The van der Waals surface area contributed by atoms with Crippen LogP contribution in [0.3, 0.4) is 0 Å². The number of nitrogens with one attached hydrogen (secondary N) is 2. The van der Waals surface area contributed by atoms with Crippen molar-refractivity contribution in [2.24, 2.45) is 11.8 Å². The summed E-state index contributed by atoms with van der Waals surface area (Å²) in [6, 6.07) is 3.29. The van der Waals surface area contributed by atoms with E-state index in [1.165, 1.54) is 7.11 Å². The van der Waals surface area contributed by atoms with Crippen LogP contribution in [0, 0.1) is 25.7 Å². The Morgan fingerprint density at radius 2 is 1.56 bits per heavy atom. The Morgan fingerprint density at radius 1 is 0.949 bits per heavy atom. The Kier molecular flexibility index (Phi) is 13.0. The zero-order valence-electron chi connectivity index (χ0n) is 25.6. The molecular formula is C30H49N3O6. The molecule has 0 radical (unpaired) electrons. The Labute approximate surface area is 234 Å². The van der Waals surface area contributed by atoms with Gasteiger partial charge in [0.05, 0.1) is 7.11 Å². The van der Waals surface area contributed by atoms with Gasteiger partial charge in [-0.05, 0) is 82.9 Å². The van der Waals surface area contributed by atoms with Crippen molar-refractivity contribution in [2.75, 3.05) is 13.7 Å². The normalized spacial score (nSPS) is 13.9. The highest BCUT2D eigenvalue weighted by Crippen LogP contribution is 2.29. The summed E-state index contributed by atoms with van der Waals surface area (Å²) >= 11 is 0. The third-order valence-corrected chi connectivity index (χ3v) is 6.50. The monoisotopic (exact) mass is 547 g/mol. The molecule has 0 bridgehead atoms. The van der Waals surface area contributed by atoms with Crippen molar-refractivity contribution in [2.45, 2.75) is 106 Å². The van der Waals surface area contributed by atoms with Gasteiger partial charge in [0.15, 0.2) is 0 Å². The number of hydrogen-bond acceptors (Lipinski definition) is 6. The van der Waals surface area contributed by atoms with Crippen molar-refractivity contribution in [1.29, 1.82) is 0 Å². The predicted molar refractivity (Wildman–Crippen MR) is 152 cm³/mol. The van der Waals surface area contributed by atoms with Gasteiger partial charge in [-0.15, -0.1) is 0 Å². The standard InChI is InChI=1S/C30H49N3O6/c1-18(2)12-14-22(7)33(28(36)25(19(3)4)32-29(37)39-30(8,9)10)26(27(35)31-17-24(34)38-11)23-15-13-20(5)21(6)16-23/h13,15-16,18-19,22,25-26H,12,14,17H2,1-11H3,(H,31,35)(H,32,37). The van der Waals surface area contributed by atoms with Gasteiger partial charge in [-0.1, -0.05) is 45.9 Å². The van der Waals surface area contributed by atoms with Gasteiger partial charge in [-0.25, -0.2) is 4.79 Å². The smallest absolute Gasteiger partial charge is 0.408 e. The summed E-state index contributed by atoms with van der Waals surface area (Å²) in [5, 5.41) is 5.38. The van der Waals surface area contributed by atoms with E-state index in [2.05, 4.69) is 24.5 Å². The van der Waals surface area contributed by atoms with Gasteiger partial charge in [0, 0.05) is 6.04 Å². The average molecular weight is 548 g/mol. The molecule has 0 saturated heterocycles. The molecule has 1 aromatic carbocycles. The number of rotatable bonds is 12. The molecule has 1 rings (SSSR count). The molecule has 0 heterocycles. The second-order valence-corrected chi connectivity index (χ2v) is 12.0. The Bertz CT molecular complexity index is 999. The van der Waals surface area contributed by atoms with E-state index in [0.717, 1.165) is 17.5 Å². The zero-order chi connectivity index (χ0) is 30.1. The molecule has 2 N–H and O–H groups in total. The molecule has 39 heavy (non-hydrogen) atoms. The molecule has 0 aromatic heterocycles. The van der Waals surface area contributed by atoms with E-state index in [-0.39, 0.29) is 18.5 Å². The molecule has 1 aromatic rings. The van der Waals surface area contributed by atoms with E-state index in [0.29, 0.717) is 17.9 Å². The summed E-state index contributed by atoms with van der Waals surface area (Å²) in [4.78, 5) is 54.2. The fourth-order valence-electron chi connectivity index (χ4n) is 4.12. The molecule has 9 heteroatoms. The molecule has 3 amide bonds. The van der Waals surface area contributed by atoms with Crippen molar-refractivity contribution in [3.63, 3.8) is 0 Å². The molecule has 0 aliphatic carbocycles. The molecule has 3 atom stereocenters. The van der Waals surface area contributed by atoms with Crippen molar-refractivity contribution in [1.82, 2.24) is 15.5 Å². The minimum absolute atomic E-state index is 0.289. The summed E-state index contributed by atoms with van der Waals surface area (Å²) in [5.74, 6) is -1.40. The van der Waals surface area contributed by atoms with E-state index >= 15 is 0 Å². The second-order valence-electron chi connectivity index (χ2n) is 12.0. The number of alkyl carbamates (subject to hydrolysis) is 1. The molecule has 0 fully saturated rings. The highest BCUT2D eigenvalue weighted by Gasteiger charge is 2.40. The first kappa shape index (κ1) is 33.9. The third kappa shape index (κ3) is 10.9. The lowest BCUT2D eigenvalue weighted by molar-refractivity contribution is -0.147. The van der Waals surface area contributed by atoms with Gasteiger partial charge in [-0.3, -0.25) is 14.4 Å². The molecular weight excluding hydrogens is 498 g/mol. The maximum absolute atomic E-state index is 14.3. The lowest BCUT2D eigenvalue weighted by Crippen LogP contribution is -2.57. The summed E-state index contributed by atoms with van der Waals surface area (Å²) < 4.78 is 10.1. The molecule has 9 nitrogen and oxygen atoms in total. The van der Waals surface area contributed by atoms with Crippen LogP contribution in [0.4, 0.5) is 4.79 Å². The van der Waals surface area contributed by atoms with Crippen molar-refractivity contribution < 1.29 is 28.7 Å². The number of esters is 1. The number of hydrogen-bond donors (Lipinski definition) is 2. The second kappa shape index (κ2) is 14.9. The topological polar surface area (TPSA) is 114 Å². The molecule has 0 saturated carbocycles. The van der Waals surface area contributed by atoms with Crippen molar-refractivity contribution in [3.05, 3.63) is 34.9 Å². The van der Waals surface area contributed by atoms with Crippen LogP contribution in [0.2, 0.25) is 0 Å². The summed E-state index contributed by atoms with van der Waals surface area (Å²) in [6.07, 6.45) is 0.772. The maximum Gasteiger partial charge on any atom is 0.408 e. The van der Waals surface area contributed by atoms with E-state index < -0.39 is 41.6 Å². The van der Waals surface area contributed by atoms with Crippen LogP contribution >= 0.6 is 0 Å². The number of methoxy groups -OCH3 is 1. The van der Waals surface area contributed by atoms with Gasteiger partial charge in [-0.2, -0.15) is 0 Å². The molecule has 3 unspecified atom stereocenters. The first-order valence-electron chi connectivity index (χ1n) is 13.7. The van der Waals surface area contributed by atoms with E-state index in [9.17, 15) is 19.2 Å². The maximum atomic E-state index is 14.3. The number of aryl methyl sites for hydroxylation is 2. The van der Waals surface area contributed by atoms with Gasteiger partial charge < -0.3 is 25.0 Å². The summed E-state index contributed by atoms with van der Waals surface area (Å²) in [7, 11) is 1.24. The Hall–Kier alpha value is -3.10. The number of carbonyl (C=O) groups excluding carboxylic acids is 4. The van der Waals surface area contributed by atoms with Gasteiger partial charge in [0.1, 0.15) is 24.2 Å². The quantitative estimate of drug-likeness (QED) is 0.362. The van der Waals surface area contributed by atoms with Crippen LogP contribution in [0.1, 0.15) is 91.0 Å². The fourth-order valence-corrected chi connectivity index (χ4v) is 4.12. The number of carbonyl (C=O) groups is 4. The minimum atomic E-state index is -1.04. The first-order chi connectivity index (χ1) is 18.0. The molecule has 0 aliphatic heterocycles. The van der Waals surface area contributed by atoms with Crippen molar-refractivity contribution >= 4 is 23.9 Å². The highest BCUT2D eigenvalue weighted by molar-refractivity contribution is 5.93. The highest BCUT2D eigenvalue weighted by atomic mass is 16.6. The van der Waals surface area contributed by atoms with E-state index in [1.54, 1.807) is 25.7 Å². The number of amides is 3. The van der Waals surface area contributed by atoms with Crippen LogP contribution in [-0.2, 0) is 23.9 Å². The van der Waals surface area contributed by atoms with Gasteiger partial charge >= 0.3 is 12.1 Å². The minimum Gasteiger partial charge on any atom is -0.468 e. The third-order valence-electron chi connectivity index (χ3n) is 6.50. The summed E-state index contributed by atoms with van der Waals surface area (Å²) in [6.45, 7) is 18.6. The van der Waals surface area contributed by atoms with Crippen LogP contribution in [-0.4, -0.2) is 60.1 Å². The number of nitrogens with zero attached hydrogens (tertiary/aromatic N) is 1. The lowest BCUT2D eigenvalue weighted by Gasteiger charge is -2.39.